The average molecular weight is 414 g/mol. The Bertz CT molecular complexity index is 1140. The number of aryl methyl sites for hydroxylation is 1. The highest BCUT2D eigenvalue weighted by Gasteiger charge is 2.46. The molecule has 1 atom stereocenters. The molecule has 1 saturated heterocycles. The number of ketones is 1. The van der Waals surface area contributed by atoms with Crippen molar-refractivity contribution in [2.24, 2.45) is 0 Å². The quantitative estimate of drug-likeness (QED) is 0.388. The Balaban J connectivity index is 1.85. The van der Waals surface area contributed by atoms with Gasteiger partial charge in [-0.1, -0.05) is 42.0 Å². The van der Waals surface area contributed by atoms with Crippen LogP contribution in [0.1, 0.15) is 28.3 Å². The number of methoxy groups -OCH3 is 1. The summed E-state index contributed by atoms with van der Waals surface area (Å²) in [5, 5.41) is 11.1. The van der Waals surface area contributed by atoms with Crippen LogP contribution >= 0.6 is 0 Å². The summed E-state index contributed by atoms with van der Waals surface area (Å²) in [4.78, 5) is 31.5. The number of carbonyl (C=O) groups excluding carboxylic acids is 2. The zero-order valence-corrected chi connectivity index (χ0v) is 17.3. The molecule has 0 spiro atoms. The first-order valence-corrected chi connectivity index (χ1v) is 9.88. The third-order valence-corrected chi connectivity index (χ3v) is 5.40. The first kappa shape index (κ1) is 20.3. The first-order valence-electron chi connectivity index (χ1n) is 9.88. The number of benzene rings is 2. The highest BCUT2D eigenvalue weighted by molar-refractivity contribution is 6.46. The van der Waals surface area contributed by atoms with Crippen LogP contribution in [-0.4, -0.2) is 33.8 Å². The molecular weight excluding hydrogens is 392 g/mol. The van der Waals surface area contributed by atoms with Crippen molar-refractivity contribution < 1.29 is 19.4 Å². The van der Waals surface area contributed by atoms with Crippen molar-refractivity contribution >= 4 is 17.4 Å². The highest BCUT2D eigenvalue weighted by atomic mass is 16.5. The van der Waals surface area contributed by atoms with Gasteiger partial charge in [-0.15, -0.1) is 0 Å². The molecule has 2 aromatic carbocycles. The number of carbonyl (C=O) groups is 2. The van der Waals surface area contributed by atoms with E-state index >= 15 is 0 Å². The van der Waals surface area contributed by atoms with E-state index < -0.39 is 17.7 Å². The number of rotatable bonds is 5. The maximum absolute atomic E-state index is 13.0. The molecule has 2 heterocycles. The number of aliphatic hydroxyl groups excluding tert-OH is 1. The second kappa shape index (κ2) is 8.44. The summed E-state index contributed by atoms with van der Waals surface area (Å²) in [5.74, 6) is -0.871. The number of pyridine rings is 1. The molecule has 0 bridgehead atoms. The van der Waals surface area contributed by atoms with Gasteiger partial charge in [0.15, 0.2) is 0 Å². The van der Waals surface area contributed by atoms with Crippen molar-refractivity contribution in [2.45, 2.75) is 19.5 Å². The minimum absolute atomic E-state index is 0.0769. The molecule has 1 aliphatic heterocycles. The van der Waals surface area contributed by atoms with E-state index in [0.29, 0.717) is 16.9 Å². The van der Waals surface area contributed by atoms with Crippen LogP contribution in [-0.2, 0) is 16.1 Å². The van der Waals surface area contributed by atoms with Crippen LogP contribution in [0, 0.1) is 6.92 Å². The molecule has 0 aliphatic carbocycles. The molecule has 156 valence electrons. The van der Waals surface area contributed by atoms with Crippen molar-refractivity contribution in [3.63, 3.8) is 0 Å². The van der Waals surface area contributed by atoms with Crippen LogP contribution in [0.3, 0.4) is 0 Å². The number of amides is 1. The van der Waals surface area contributed by atoms with E-state index in [9.17, 15) is 14.7 Å². The van der Waals surface area contributed by atoms with Gasteiger partial charge in [0, 0.05) is 24.5 Å². The third-order valence-electron chi connectivity index (χ3n) is 5.40. The van der Waals surface area contributed by atoms with Crippen molar-refractivity contribution in [3.8, 4) is 5.75 Å². The van der Waals surface area contributed by atoms with Gasteiger partial charge < -0.3 is 14.7 Å². The fraction of sp³-hybridized carbons (Fsp3) is 0.160. The van der Waals surface area contributed by atoms with Crippen LogP contribution in [0.15, 0.2) is 78.6 Å². The van der Waals surface area contributed by atoms with Crippen molar-refractivity contribution in [1.29, 1.82) is 0 Å². The molecule has 1 N–H and O–H groups in total. The van der Waals surface area contributed by atoms with E-state index in [-0.39, 0.29) is 17.9 Å². The lowest BCUT2D eigenvalue weighted by atomic mass is 9.95. The topological polar surface area (TPSA) is 79.7 Å². The summed E-state index contributed by atoms with van der Waals surface area (Å²) in [6.07, 6.45) is 3.28. The number of aromatic nitrogens is 1. The molecule has 3 aromatic rings. The Kier molecular flexibility index (Phi) is 5.54. The molecule has 4 rings (SSSR count). The summed E-state index contributed by atoms with van der Waals surface area (Å²) < 4.78 is 5.24. The number of hydrogen-bond acceptors (Lipinski definition) is 5. The summed E-state index contributed by atoms with van der Waals surface area (Å²) in [6, 6.07) is 17.2. The highest BCUT2D eigenvalue weighted by Crippen LogP contribution is 2.40. The number of nitrogens with zero attached hydrogens (tertiary/aromatic N) is 2. The summed E-state index contributed by atoms with van der Waals surface area (Å²) in [5.41, 5.74) is 3.15. The number of likely N-dealkylation sites (tertiary alicyclic amines) is 1. The van der Waals surface area contributed by atoms with Gasteiger partial charge in [-0.25, -0.2) is 0 Å². The lowest BCUT2D eigenvalue weighted by Gasteiger charge is -2.25. The second-order valence-corrected chi connectivity index (χ2v) is 7.42. The van der Waals surface area contributed by atoms with Crippen LogP contribution in [0.2, 0.25) is 0 Å². The van der Waals surface area contributed by atoms with E-state index in [1.165, 1.54) is 4.90 Å². The zero-order valence-electron chi connectivity index (χ0n) is 17.3. The smallest absolute Gasteiger partial charge is 0.295 e. The van der Waals surface area contributed by atoms with Gasteiger partial charge in [-0.2, -0.15) is 0 Å². The zero-order chi connectivity index (χ0) is 22.0. The average Bonchev–Trinajstić information content (AvgIpc) is 3.05. The van der Waals surface area contributed by atoms with Crippen LogP contribution in [0.5, 0.6) is 5.75 Å². The van der Waals surface area contributed by atoms with Gasteiger partial charge >= 0.3 is 0 Å². The molecule has 1 fully saturated rings. The molecule has 31 heavy (non-hydrogen) atoms. The van der Waals surface area contributed by atoms with Gasteiger partial charge in [-0.05, 0) is 42.3 Å². The Morgan fingerprint density at radius 1 is 1.00 bits per heavy atom. The standard InChI is InChI=1S/C25H22N2O4/c1-16-3-5-19(6-4-16)23(28)21-22(18-7-9-20(31-2)10-8-18)27(25(30)24(21)29)15-17-11-13-26-14-12-17/h3-14,22,28H,15H2,1-2H3/b23-21+. The minimum atomic E-state index is -0.722. The lowest BCUT2D eigenvalue weighted by molar-refractivity contribution is -0.140. The van der Waals surface area contributed by atoms with Gasteiger partial charge in [-0.3, -0.25) is 14.6 Å². The molecule has 1 aromatic heterocycles. The molecule has 1 amide bonds. The SMILES string of the molecule is COc1ccc(C2/C(=C(\O)c3ccc(C)cc3)C(=O)C(=O)N2Cc2ccncc2)cc1. The Hall–Kier alpha value is -3.93. The second-order valence-electron chi connectivity index (χ2n) is 7.42. The van der Waals surface area contributed by atoms with E-state index in [2.05, 4.69) is 4.98 Å². The number of Topliss-reactive ketones (excluding diaryl/α,β-unsaturated/α-hetero) is 1. The van der Waals surface area contributed by atoms with Crippen LogP contribution < -0.4 is 4.74 Å². The molecular formula is C25H22N2O4. The van der Waals surface area contributed by atoms with Crippen molar-refractivity contribution in [1.82, 2.24) is 9.88 Å². The fourth-order valence-corrected chi connectivity index (χ4v) is 3.73. The van der Waals surface area contributed by atoms with E-state index in [4.69, 9.17) is 4.74 Å². The van der Waals surface area contributed by atoms with Crippen molar-refractivity contribution in [3.05, 3.63) is 101 Å². The first-order chi connectivity index (χ1) is 15.0. The lowest BCUT2D eigenvalue weighted by Crippen LogP contribution is -2.29. The van der Waals surface area contributed by atoms with Crippen LogP contribution in [0.4, 0.5) is 0 Å². The minimum Gasteiger partial charge on any atom is -0.507 e. The predicted molar refractivity (Wildman–Crippen MR) is 116 cm³/mol. The Labute approximate surface area is 180 Å². The molecule has 6 heteroatoms. The van der Waals surface area contributed by atoms with Gasteiger partial charge in [0.25, 0.3) is 11.7 Å². The maximum Gasteiger partial charge on any atom is 0.295 e. The Morgan fingerprint density at radius 2 is 1.65 bits per heavy atom. The van der Waals surface area contributed by atoms with Gasteiger partial charge in [0.05, 0.1) is 18.7 Å². The fourth-order valence-electron chi connectivity index (χ4n) is 3.73. The summed E-state index contributed by atoms with van der Waals surface area (Å²) in [7, 11) is 1.57. The number of aliphatic hydroxyl groups is 1. The predicted octanol–water partition coefficient (Wildman–Crippen LogP) is 4.02. The molecule has 0 radical (unpaired) electrons. The maximum atomic E-state index is 13.0. The largest absolute Gasteiger partial charge is 0.507 e. The van der Waals surface area contributed by atoms with E-state index in [1.54, 1.807) is 68.0 Å². The van der Waals surface area contributed by atoms with Gasteiger partial charge in [0.2, 0.25) is 0 Å². The van der Waals surface area contributed by atoms with E-state index in [0.717, 1.165) is 11.1 Å². The van der Waals surface area contributed by atoms with Gasteiger partial charge in [0.1, 0.15) is 11.5 Å². The molecule has 1 unspecified atom stereocenters. The summed E-state index contributed by atoms with van der Waals surface area (Å²) in [6.45, 7) is 2.16. The Morgan fingerprint density at radius 3 is 2.26 bits per heavy atom. The summed E-state index contributed by atoms with van der Waals surface area (Å²) >= 11 is 0. The molecule has 6 nitrogen and oxygen atoms in total. The third kappa shape index (κ3) is 3.92. The van der Waals surface area contributed by atoms with E-state index in [1.807, 2.05) is 19.1 Å². The number of hydrogen-bond donors (Lipinski definition) is 1. The monoisotopic (exact) mass is 414 g/mol. The molecule has 1 aliphatic rings. The normalized spacial score (nSPS) is 17.7. The van der Waals surface area contributed by atoms with Crippen molar-refractivity contribution in [2.75, 3.05) is 7.11 Å². The molecule has 0 saturated carbocycles. The van der Waals surface area contributed by atoms with Crippen LogP contribution in [0.25, 0.3) is 5.76 Å². The number of ether oxygens (including phenoxy) is 1.